The first-order valence-electron chi connectivity index (χ1n) is 5.46. The van der Waals surface area contributed by atoms with Gasteiger partial charge < -0.3 is 14.8 Å². The summed E-state index contributed by atoms with van der Waals surface area (Å²) in [5.74, 6) is 2.32. The van der Waals surface area contributed by atoms with Crippen LogP contribution in [0, 0.1) is 0 Å². The summed E-state index contributed by atoms with van der Waals surface area (Å²) < 4.78 is 11.5. The van der Waals surface area contributed by atoms with E-state index in [1.807, 2.05) is 12.1 Å². The Balaban J connectivity index is 2.43. The van der Waals surface area contributed by atoms with Crippen LogP contribution in [-0.2, 0) is 0 Å². The monoisotopic (exact) mass is 298 g/mol. The Morgan fingerprint density at radius 2 is 1.94 bits per heavy atom. The quantitative estimate of drug-likeness (QED) is 0.930. The lowest BCUT2D eigenvalue weighted by molar-refractivity contribution is 0.354. The van der Waals surface area contributed by atoms with Gasteiger partial charge in [0.1, 0.15) is 5.84 Å². The number of nitrogens with one attached hydrogen (secondary N) is 1. The fourth-order valence-electron chi connectivity index (χ4n) is 1.75. The first-order chi connectivity index (χ1) is 8.26. The highest BCUT2D eigenvalue weighted by molar-refractivity contribution is 9.10. The van der Waals surface area contributed by atoms with Crippen molar-refractivity contribution in [2.24, 2.45) is 4.99 Å². The zero-order valence-electron chi connectivity index (χ0n) is 9.92. The van der Waals surface area contributed by atoms with Crippen molar-refractivity contribution in [3.63, 3.8) is 0 Å². The molecule has 0 fully saturated rings. The van der Waals surface area contributed by atoms with Crippen LogP contribution in [0.4, 0.5) is 0 Å². The fraction of sp³-hybridized carbons (Fsp3) is 0.417. The first kappa shape index (κ1) is 12.2. The molecule has 1 aromatic rings. The molecule has 1 aliphatic rings. The molecule has 1 aliphatic heterocycles. The zero-order chi connectivity index (χ0) is 12.3. The molecule has 0 radical (unpaired) electrons. The van der Waals surface area contributed by atoms with E-state index in [-0.39, 0.29) is 0 Å². The maximum atomic E-state index is 5.29. The van der Waals surface area contributed by atoms with Gasteiger partial charge in [-0.1, -0.05) is 0 Å². The van der Waals surface area contributed by atoms with Crippen LogP contribution in [0.15, 0.2) is 21.6 Å². The molecule has 0 amide bonds. The highest BCUT2D eigenvalue weighted by Gasteiger charge is 2.15. The minimum atomic E-state index is 0.708. The Kier molecular flexibility index (Phi) is 3.89. The molecule has 0 saturated carbocycles. The van der Waals surface area contributed by atoms with Gasteiger partial charge >= 0.3 is 0 Å². The van der Waals surface area contributed by atoms with Crippen molar-refractivity contribution in [3.8, 4) is 11.5 Å². The number of ether oxygens (including phenoxy) is 2. The molecule has 5 heteroatoms. The molecule has 0 atom stereocenters. The molecule has 17 heavy (non-hydrogen) atoms. The van der Waals surface area contributed by atoms with Gasteiger partial charge in [-0.05, 0) is 34.5 Å². The van der Waals surface area contributed by atoms with Crippen molar-refractivity contribution >= 4 is 21.8 Å². The van der Waals surface area contributed by atoms with Gasteiger partial charge in [-0.15, -0.1) is 0 Å². The van der Waals surface area contributed by atoms with Gasteiger partial charge in [-0.2, -0.15) is 0 Å². The maximum Gasteiger partial charge on any atom is 0.161 e. The SMILES string of the molecule is COc1cc(Br)c(C2=NCCCN2)cc1OC. The third-order valence-electron chi connectivity index (χ3n) is 2.63. The van der Waals surface area contributed by atoms with Crippen LogP contribution >= 0.6 is 15.9 Å². The summed E-state index contributed by atoms with van der Waals surface area (Å²) in [6.45, 7) is 1.82. The molecular formula is C12H15BrN2O2. The van der Waals surface area contributed by atoms with Crippen molar-refractivity contribution in [2.75, 3.05) is 27.3 Å². The van der Waals surface area contributed by atoms with Gasteiger partial charge in [0.15, 0.2) is 11.5 Å². The summed E-state index contributed by atoms with van der Waals surface area (Å²) in [6.07, 6.45) is 1.08. The summed E-state index contributed by atoms with van der Waals surface area (Å²) in [6, 6.07) is 3.83. The number of hydrogen-bond acceptors (Lipinski definition) is 4. The second kappa shape index (κ2) is 5.40. The van der Waals surface area contributed by atoms with Crippen LogP contribution in [0.25, 0.3) is 0 Å². The smallest absolute Gasteiger partial charge is 0.161 e. The van der Waals surface area contributed by atoms with E-state index in [4.69, 9.17) is 9.47 Å². The molecule has 0 unspecified atom stereocenters. The molecule has 2 rings (SSSR count). The van der Waals surface area contributed by atoms with Crippen molar-refractivity contribution < 1.29 is 9.47 Å². The lowest BCUT2D eigenvalue weighted by Crippen LogP contribution is -2.30. The van der Waals surface area contributed by atoms with Crippen molar-refractivity contribution in [2.45, 2.75) is 6.42 Å². The zero-order valence-corrected chi connectivity index (χ0v) is 11.5. The minimum absolute atomic E-state index is 0.708. The van der Waals surface area contributed by atoms with Crippen molar-refractivity contribution in [1.29, 1.82) is 0 Å². The average Bonchev–Trinajstić information content (AvgIpc) is 2.39. The van der Waals surface area contributed by atoms with E-state index in [1.54, 1.807) is 14.2 Å². The Labute approximate surface area is 109 Å². The van der Waals surface area contributed by atoms with Gasteiger partial charge in [0, 0.05) is 23.1 Å². The number of rotatable bonds is 3. The average molecular weight is 299 g/mol. The number of hydrogen-bond donors (Lipinski definition) is 1. The van der Waals surface area contributed by atoms with Crippen molar-refractivity contribution in [1.82, 2.24) is 5.32 Å². The minimum Gasteiger partial charge on any atom is -0.493 e. The normalized spacial score (nSPS) is 14.9. The predicted molar refractivity (Wildman–Crippen MR) is 71.3 cm³/mol. The van der Waals surface area contributed by atoms with Crippen LogP contribution in [-0.4, -0.2) is 33.1 Å². The summed E-state index contributed by atoms with van der Waals surface area (Å²) in [4.78, 5) is 4.47. The number of benzene rings is 1. The molecule has 1 aromatic carbocycles. The van der Waals surface area contributed by atoms with E-state index in [0.29, 0.717) is 11.5 Å². The van der Waals surface area contributed by atoms with E-state index in [0.717, 1.165) is 35.4 Å². The Morgan fingerprint density at radius 3 is 2.53 bits per heavy atom. The lowest BCUT2D eigenvalue weighted by Gasteiger charge is -2.17. The van der Waals surface area contributed by atoms with E-state index < -0.39 is 0 Å². The van der Waals surface area contributed by atoms with Gasteiger partial charge in [0.2, 0.25) is 0 Å². The van der Waals surface area contributed by atoms with Crippen LogP contribution in [0.3, 0.4) is 0 Å². The Morgan fingerprint density at radius 1 is 1.24 bits per heavy atom. The van der Waals surface area contributed by atoms with Gasteiger partial charge in [0.05, 0.1) is 14.2 Å². The largest absolute Gasteiger partial charge is 0.493 e. The number of aliphatic imine (C=N–C) groups is 1. The Bertz CT molecular complexity index is 446. The van der Waals surface area contributed by atoms with Crippen molar-refractivity contribution in [3.05, 3.63) is 22.2 Å². The molecule has 4 nitrogen and oxygen atoms in total. The summed E-state index contributed by atoms with van der Waals surface area (Å²) in [5, 5.41) is 3.29. The number of nitrogens with zero attached hydrogens (tertiary/aromatic N) is 1. The molecule has 0 aliphatic carbocycles. The molecular weight excluding hydrogens is 284 g/mol. The van der Waals surface area contributed by atoms with Crippen LogP contribution < -0.4 is 14.8 Å². The van der Waals surface area contributed by atoms with E-state index in [1.165, 1.54) is 0 Å². The molecule has 0 aromatic heterocycles. The fourth-order valence-corrected chi connectivity index (χ4v) is 2.26. The number of amidine groups is 1. The standard InChI is InChI=1S/C12H15BrN2O2/c1-16-10-6-8(9(13)7-11(10)17-2)12-14-4-3-5-15-12/h6-7H,3-5H2,1-2H3,(H,14,15). The van der Waals surface area contributed by atoms with Gasteiger partial charge in [-0.25, -0.2) is 0 Å². The summed E-state index contributed by atoms with van der Waals surface area (Å²) in [7, 11) is 3.26. The topological polar surface area (TPSA) is 42.8 Å². The highest BCUT2D eigenvalue weighted by Crippen LogP contribution is 2.33. The molecule has 1 N–H and O–H groups in total. The van der Waals surface area contributed by atoms with Crippen LogP contribution in [0.1, 0.15) is 12.0 Å². The third kappa shape index (κ3) is 2.54. The van der Waals surface area contributed by atoms with Gasteiger partial charge in [0.25, 0.3) is 0 Å². The predicted octanol–water partition coefficient (Wildman–Crippen LogP) is 2.21. The molecule has 0 bridgehead atoms. The van der Waals surface area contributed by atoms with Gasteiger partial charge in [-0.3, -0.25) is 4.99 Å². The second-order valence-electron chi connectivity index (χ2n) is 3.70. The highest BCUT2D eigenvalue weighted by atomic mass is 79.9. The molecule has 0 saturated heterocycles. The summed E-state index contributed by atoms with van der Waals surface area (Å²) in [5.41, 5.74) is 1.00. The lowest BCUT2D eigenvalue weighted by atomic mass is 10.1. The first-order valence-corrected chi connectivity index (χ1v) is 6.25. The van der Waals surface area contributed by atoms with Crippen LogP contribution in [0.5, 0.6) is 11.5 Å². The molecule has 92 valence electrons. The number of methoxy groups -OCH3 is 2. The molecule has 1 heterocycles. The second-order valence-corrected chi connectivity index (χ2v) is 4.55. The van der Waals surface area contributed by atoms with E-state index >= 15 is 0 Å². The van der Waals surface area contributed by atoms with E-state index in [9.17, 15) is 0 Å². The Hall–Kier alpha value is -1.23. The van der Waals surface area contributed by atoms with E-state index in [2.05, 4.69) is 26.2 Å². The molecule has 0 spiro atoms. The van der Waals surface area contributed by atoms with Crippen LogP contribution in [0.2, 0.25) is 0 Å². The number of halogens is 1. The summed E-state index contributed by atoms with van der Waals surface area (Å²) >= 11 is 3.53. The maximum absolute atomic E-state index is 5.29. The third-order valence-corrected chi connectivity index (χ3v) is 3.28.